The van der Waals surface area contributed by atoms with Gasteiger partial charge in [-0.3, -0.25) is 4.79 Å². The Kier molecular flexibility index (Phi) is 5.07. The molecule has 0 aliphatic rings. The average Bonchev–Trinajstić information content (AvgIpc) is 3.12. The topological polar surface area (TPSA) is 57.8 Å². The molecule has 0 amide bonds. The first kappa shape index (κ1) is 17.9. The van der Waals surface area contributed by atoms with Gasteiger partial charge in [0.05, 0.1) is 11.9 Å². The van der Waals surface area contributed by atoms with E-state index in [1.807, 2.05) is 60.7 Å². The summed E-state index contributed by atoms with van der Waals surface area (Å²) in [6, 6.07) is 19.8. The van der Waals surface area contributed by atoms with E-state index in [0.29, 0.717) is 22.8 Å². The van der Waals surface area contributed by atoms with Crippen LogP contribution in [-0.4, -0.2) is 9.97 Å². The molecule has 0 aliphatic carbocycles. The summed E-state index contributed by atoms with van der Waals surface area (Å²) in [4.78, 5) is 21.8. The number of fused-ring (bicyclic) bond motifs is 1. The Labute approximate surface area is 165 Å². The van der Waals surface area contributed by atoms with Crippen molar-refractivity contribution in [2.75, 3.05) is 0 Å². The molecule has 4 nitrogen and oxygen atoms in total. The van der Waals surface area contributed by atoms with Crippen LogP contribution in [0.3, 0.4) is 0 Å². The number of nitrogens with one attached hydrogen (secondary N) is 2. The molecule has 1 atom stereocenters. The molecule has 0 bridgehead atoms. The molecule has 0 spiro atoms. The molecule has 2 N–H and O–H groups in total. The highest BCUT2D eigenvalue weighted by atomic mass is 35.5. The Bertz CT molecular complexity index is 1140. The Morgan fingerprint density at radius 3 is 2.74 bits per heavy atom. The number of halogens is 1. The van der Waals surface area contributed by atoms with Crippen LogP contribution >= 0.6 is 22.9 Å². The van der Waals surface area contributed by atoms with Crippen molar-refractivity contribution in [1.82, 2.24) is 15.3 Å². The van der Waals surface area contributed by atoms with Gasteiger partial charge in [-0.1, -0.05) is 54.1 Å². The second kappa shape index (κ2) is 7.64. The first-order valence-corrected chi connectivity index (χ1v) is 9.86. The normalized spacial score (nSPS) is 12.4. The molecule has 0 radical (unpaired) electrons. The van der Waals surface area contributed by atoms with E-state index in [1.165, 1.54) is 11.3 Å². The second-order valence-corrected chi connectivity index (χ2v) is 7.83. The average molecular weight is 396 g/mol. The molecule has 0 fully saturated rings. The first-order valence-electron chi connectivity index (χ1n) is 8.67. The quantitative estimate of drug-likeness (QED) is 0.491. The van der Waals surface area contributed by atoms with Crippen LogP contribution in [0.4, 0.5) is 0 Å². The van der Waals surface area contributed by atoms with Crippen LogP contribution in [0.2, 0.25) is 5.02 Å². The summed E-state index contributed by atoms with van der Waals surface area (Å²) in [7, 11) is 0. The van der Waals surface area contributed by atoms with Crippen LogP contribution < -0.4 is 10.9 Å². The number of thiophene rings is 1. The van der Waals surface area contributed by atoms with Crippen molar-refractivity contribution in [3.05, 3.63) is 87.4 Å². The van der Waals surface area contributed by atoms with Gasteiger partial charge in [0.15, 0.2) is 0 Å². The monoisotopic (exact) mass is 395 g/mol. The zero-order valence-electron chi connectivity index (χ0n) is 14.7. The van der Waals surface area contributed by atoms with E-state index in [9.17, 15) is 4.79 Å². The lowest BCUT2D eigenvalue weighted by atomic mass is 10.1. The molecule has 27 heavy (non-hydrogen) atoms. The van der Waals surface area contributed by atoms with E-state index in [0.717, 1.165) is 20.8 Å². The summed E-state index contributed by atoms with van der Waals surface area (Å²) >= 11 is 7.59. The molecule has 136 valence electrons. The highest BCUT2D eigenvalue weighted by molar-refractivity contribution is 7.21. The van der Waals surface area contributed by atoms with Gasteiger partial charge in [0.1, 0.15) is 10.7 Å². The number of benzene rings is 2. The molecule has 0 saturated heterocycles. The number of nitrogens with zero attached hydrogens (tertiary/aromatic N) is 1. The van der Waals surface area contributed by atoms with Crippen molar-refractivity contribution in [1.29, 1.82) is 0 Å². The minimum atomic E-state index is -0.106. The van der Waals surface area contributed by atoms with E-state index in [2.05, 4.69) is 22.2 Å². The Morgan fingerprint density at radius 2 is 1.96 bits per heavy atom. The standard InChI is InChI=1S/C21H18ClN3OS/c1-13(15-8-5-9-16(22)10-15)23-12-19-24-20(26)17-11-18(27-21(17)25-19)14-6-3-2-4-7-14/h2-11,13,23H,12H2,1H3,(H,24,25,26)/t13-/m0/s1. The van der Waals surface area contributed by atoms with Crippen molar-refractivity contribution >= 4 is 33.2 Å². The zero-order chi connectivity index (χ0) is 18.8. The minimum Gasteiger partial charge on any atom is -0.309 e. The Balaban J connectivity index is 1.57. The van der Waals surface area contributed by atoms with Crippen molar-refractivity contribution in [3.8, 4) is 10.4 Å². The van der Waals surface area contributed by atoms with Crippen molar-refractivity contribution in [3.63, 3.8) is 0 Å². The maximum atomic E-state index is 12.5. The van der Waals surface area contributed by atoms with Crippen molar-refractivity contribution in [2.24, 2.45) is 0 Å². The van der Waals surface area contributed by atoms with Gasteiger partial charge in [-0.25, -0.2) is 4.98 Å². The fraction of sp³-hybridized carbons (Fsp3) is 0.143. The van der Waals surface area contributed by atoms with Crippen LogP contribution in [0.5, 0.6) is 0 Å². The summed E-state index contributed by atoms with van der Waals surface area (Å²) in [6.45, 7) is 2.53. The molecular formula is C21H18ClN3OS. The van der Waals surface area contributed by atoms with E-state index in [-0.39, 0.29) is 11.6 Å². The number of aromatic nitrogens is 2. The minimum absolute atomic E-state index is 0.0907. The summed E-state index contributed by atoms with van der Waals surface area (Å²) in [6.07, 6.45) is 0. The van der Waals surface area contributed by atoms with Crippen molar-refractivity contribution < 1.29 is 0 Å². The summed E-state index contributed by atoms with van der Waals surface area (Å²) in [5.74, 6) is 0.628. The predicted octanol–water partition coefficient (Wildman–Crippen LogP) is 5.16. The molecule has 6 heteroatoms. The number of rotatable bonds is 5. The third-order valence-corrected chi connectivity index (χ3v) is 5.75. The van der Waals surface area contributed by atoms with Gasteiger partial charge in [0, 0.05) is 15.9 Å². The molecule has 2 aromatic heterocycles. The van der Waals surface area contributed by atoms with Crippen LogP contribution in [0.25, 0.3) is 20.7 Å². The molecule has 0 unspecified atom stereocenters. The first-order chi connectivity index (χ1) is 13.1. The lowest BCUT2D eigenvalue weighted by Gasteiger charge is -2.14. The Hall–Kier alpha value is -2.47. The molecule has 4 aromatic rings. The zero-order valence-corrected chi connectivity index (χ0v) is 16.3. The van der Waals surface area contributed by atoms with Gasteiger partial charge in [-0.2, -0.15) is 0 Å². The smallest absolute Gasteiger partial charge is 0.259 e. The molecule has 4 rings (SSSR count). The van der Waals surface area contributed by atoms with Gasteiger partial charge in [-0.15, -0.1) is 11.3 Å². The largest absolute Gasteiger partial charge is 0.309 e. The third-order valence-electron chi connectivity index (χ3n) is 4.43. The maximum absolute atomic E-state index is 12.5. The summed E-state index contributed by atoms with van der Waals surface area (Å²) in [5, 5.41) is 4.73. The van der Waals surface area contributed by atoms with E-state index in [1.54, 1.807) is 0 Å². The van der Waals surface area contributed by atoms with Gasteiger partial charge in [0.2, 0.25) is 0 Å². The fourth-order valence-corrected chi connectivity index (χ4v) is 4.20. The third kappa shape index (κ3) is 3.95. The lowest BCUT2D eigenvalue weighted by Crippen LogP contribution is -2.22. The number of hydrogen-bond donors (Lipinski definition) is 2. The highest BCUT2D eigenvalue weighted by Crippen LogP contribution is 2.30. The SMILES string of the molecule is C[C@H](NCc1nc2sc(-c3ccccc3)cc2c(=O)[nH]1)c1cccc(Cl)c1. The van der Waals surface area contributed by atoms with Gasteiger partial charge in [0.25, 0.3) is 5.56 Å². The maximum Gasteiger partial charge on any atom is 0.259 e. The van der Waals surface area contributed by atoms with Gasteiger partial charge < -0.3 is 10.3 Å². The van der Waals surface area contributed by atoms with E-state index in [4.69, 9.17) is 11.6 Å². The summed E-state index contributed by atoms with van der Waals surface area (Å²) < 4.78 is 0. The van der Waals surface area contributed by atoms with Crippen molar-refractivity contribution in [2.45, 2.75) is 19.5 Å². The molecular weight excluding hydrogens is 378 g/mol. The molecule has 0 aliphatic heterocycles. The molecule has 0 saturated carbocycles. The Morgan fingerprint density at radius 1 is 1.15 bits per heavy atom. The van der Waals surface area contributed by atoms with Gasteiger partial charge in [-0.05, 0) is 36.2 Å². The molecule has 2 aromatic carbocycles. The number of aromatic amines is 1. The number of H-pyrrole nitrogens is 1. The number of hydrogen-bond acceptors (Lipinski definition) is 4. The second-order valence-electron chi connectivity index (χ2n) is 6.37. The predicted molar refractivity (Wildman–Crippen MR) is 112 cm³/mol. The van der Waals surface area contributed by atoms with Gasteiger partial charge >= 0.3 is 0 Å². The summed E-state index contributed by atoms with van der Waals surface area (Å²) in [5.41, 5.74) is 2.08. The van der Waals surface area contributed by atoms with Crippen LogP contribution in [0.1, 0.15) is 24.4 Å². The highest BCUT2D eigenvalue weighted by Gasteiger charge is 2.11. The van der Waals surface area contributed by atoms with Crippen LogP contribution in [0.15, 0.2) is 65.5 Å². The lowest BCUT2D eigenvalue weighted by molar-refractivity contribution is 0.559. The van der Waals surface area contributed by atoms with Crippen LogP contribution in [-0.2, 0) is 6.54 Å². The fourth-order valence-electron chi connectivity index (χ4n) is 2.95. The molecule has 2 heterocycles. The van der Waals surface area contributed by atoms with E-state index >= 15 is 0 Å². The van der Waals surface area contributed by atoms with E-state index < -0.39 is 0 Å². The van der Waals surface area contributed by atoms with Crippen LogP contribution in [0, 0.1) is 0 Å².